The van der Waals surface area contributed by atoms with Gasteiger partial charge in [-0.3, -0.25) is 0 Å². The van der Waals surface area contributed by atoms with Crippen molar-refractivity contribution < 1.29 is 0 Å². The normalized spacial score (nSPS) is 11.9. The first kappa shape index (κ1) is 44.3. The van der Waals surface area contributed by atoms with E-state index in [0.29, 0.717) is 0 Å². The van der Waals surface area contributed by atoms with Crippen LogP contribution in [-0.4, -0.2) is 0 Å². The molecule has 0 atom stereocenters. The highest BCUT2D eigenvalue weighted by Crippen LogP contribution is 2.19. The second-order valence-corrected chi connectivity index (χ2v) is 16.7. The van der Waals surface area contributed by atoms with Gasteiger partial charge in [-0.2, -0.15) is 0 Å². The smallest absolute Gasteiger partial charge is 0.0256 e. The molecule has 0 N–H and O–H groups in total. The number of benzene rings is 7. The zero-order chi connectivity index (χ0) is 43.0. The molecule has 7 rings (SSSR count). The summed E-state index contributed by atoms with van der Waals surface area (Å²) in [6.45, 7) is 0. The van der Waals surface area contributed by atoms with Crippen LogP contribution in [0, 0.1) is 0 Å². The summed E-state index contributed by atoms with van der Waals surface area (Å²) in [5.41, 5.74) is 15.1. The van der Waals surface area contributed by atoms with Crippen molar-refractivity contribution in [2.75, 3.05) is 0 Å². The van der Waals surface area contributed by atoms with Crippen molar-refractivity contribution in [1.29, 1.82) is 0 Å². The molecule has 0 saturated heterocycles. The van der Waals surface area contributed by atoms with E-state index in [-0.39, 0.29) is 0 Å². The van der Waals surface area contributed by atoms with Crippen LogP contribution in [0.25, 0.3) is 60.8 Å². The van der Waals surface area contributed by atoms with E-state index in [1.807, 2.05) is 12.1 Å². The van der Waals surface area contributed by atoms with E-state index in [9.17, 15) is 0 Å². The van der Waals surface area contributed by atoms with Gasteiger partial charge in [-0.25, -0.2) is 0 Å². The fourth-order valence-electron chi connectivity index (χ4n) is 7.73. The lowest BCUT2D eigenvalue weighted by Crippen LogP contribution is -1.88. The Kier molecular flexibility index (Phi) is 17.7. The molecule has 0 aliphatic rings. The average molecular weight is 819 g/mol. The molecule has 0 heterocycles. The van der Waals surface area contributed by atoms with Gasteiger partial charge in [0.2, 0.25) is 0 Å². The van der Waals surface area contributed by atoms with Crippen molar-refractivity contribution in [3.05, 3.63) is 249 Å². The number of hydrogen-bond acceptors (Lipinski definition) is 0. The van der Waals surface area contributed by atoms with Crippen LogP contribution in [0.3, 0.4) is 0 Å². The van der Waals surface area contributed by atoms with Crippen LogP contribution in [0.1, 0.15) is 125 Å². The van der Waals surface area contributed by atoms with Crippen LogP contribution in [0.4, 0.5) is 0 Å². The molecule has 63 heavy (non-hydrogen) atoms. The third kappa shape index (κ3) is 16.2. The van der Waals surface area contributed by atoms with Gasteiger partial charge < -0.3 is 0 Å². The van der Waals surface area contributed by atoms with Crippen molar-refractivity contribution in [3.8, 4) is 0 Å². The summed E-state index contributed by atoms with van der Waals surface area (Å²) in [6.07, 6.45) is 36.2. The summed E-state index contributed by atoms with van der Waals surface area (Å²) in [5, 5.41) is 0. The van der Waals surface area contributed by atoms with Gasteiger partial charge in [0.25, 0.3) is 0 Å². The summed E-state index contributed by atoms with van der Waals surface area (Å²) in [6, 6.07) is 65.2. The molecule has 0 aromatic heterocycles. The lowest BCUT2D eigenvalue weighted by Gasteiger charge is -2.05. The largest absolute Gasteiger partial charge is 0.0622 e. The first-order valence-electron chi connectivity index (χ1n) is 23.2. The van der Waals surface area contributed by atoms with E-state index in [4.69, 9.17) is 0 Å². The minimum atomic E-state index is 1.17. The molecule has 7 aromatic carbocycles. The molecule has 0 amide bonds. The van der Waals surface area contributed by atoms with Crippen LogP contribution in [-0.2, 0) is 12.8 Å². The van der Waals surface area contributed by atoms with Gasteiger partial charge in [0.1, 0.15) is 0 Å². The first-order chi connectivity index (χ1) is 31.2. The fourth-order valence-corrected chi connectivity index (χ4v) is 7.73. The first-order valence-corrected chi connectivity index (χ1v) is 23.2. The number of hydrogen-bond donors (Lipinski definition) is 0. The monoisotopic (exact) mass is 818 g/mol. The molecule has 314 valence electrons. The summed E-state index contributed by atoms with van der Waals surface area (Å²) < 4.78 is 0. The summed E-state index contributed by atoms with van der Waals surface area (Å²) in [4.78, 5) is 0. The zero-order valence-corrected chi connectivity index (χ0v) is 36.9. The van der Waals surface area contributed by atoms with Gasteiger partial charge in [0.15, 0.2) is 0 Å². The molecule has 0 spiro atoms. The quantitative estimate of drug-likeness (QED) is 0.0472. The molecule has 0 aliphatic heterocycles. The zero-order valence-electron chi connectivity index (χ0n) is 36.9. The summed E-state index contributed by atoms with van der Waals surface area (Å²) in [7, 11) is 0. The van der Waals surface area contributed by atoms with Crippen LogP contribution in [0.5, 0.6) is 0 Å². The maximum Gasteiger partial charge on any atom is -0.0256 e. The molecular weight excluding hydrogens is 757 g/mol. The molecule has 0 radical (unpaired) electrons. The molecule has 0 bridgehead atoms. The van der Waals surface area contributed by atoms with Crippen molar-refractivity contribution in [3.63, 3.8) is 0 Å². The Morgan fingerprint density at radius 3 is 0.571 bits per heavy atom. The molecule has 0 nitrogen and oxygen atoms in total. The second-order valence-electron chi connectivity index (χ2n) is 16.7. The molecule has 0 heteroatoms. The molecule has 0 aliphatic carbocycles. The average Bonchev–Trinajstić information content (AvgIpc) is 3.34. The lowest BCUT2D eigenvalue weighted by atomic mass is 10.0. The van der Waals surface area contributed by atoms with Gasteiger partial charge in [-0.1, -0.05) is 288 Å². The molecule has 0 saturated carbocycles. The number of rotatable bonds is 22. The predicted molar refractivity (Wildman–Crippen MR) is 279 cm³/mol. The van der Waals surface area contributed by atoms with Gasteiger partial charge in [0.05, 0.1) is 0 Å². The van der Waals surface area contributed by atoms with Gasteiger partial charge in [-0.05, 0) is 92.4 Å². The van der Waals surface area contributed by atoms with E-state index in [0.717, 1.165) is 0 Å². The van der Waals surface area contributed by atoms with Crippen LogP contribution >= 0.6 is 0 Å². The van der Waals surface area contributed by atoms with E-state index in [2.05, 4.69) is 231 Å². The van der Waals surface area contributed by atoms with Crippen molar-refractivity contribution in [1.82, 2.24) is 0 Å². The minimum Gasteiger partial charge on any atom is -0.0622 e. The Balaban J connectivity index is 0.700. The predicted octanol–water partition coefficient (Wildman–Crippen LogP) is 17.8. The molecule has 0 unspecified atom stereocenters. The van der Waals surface area contributed by atoms with Gasteiger partial charge in [-0.15, -0.1) is 0 Å². The van der Waals surface area contributed by atoms with E-state index in [1.54, 1.807) is 0 Å². The highest BCUT2D eigenvalue weighted by Gasteiger charge is 1.99. The van der Waals surface area contributed by atoms with Gasteiger partial charge >= 0.3 is 0 Å². The van der Waals surface area contributed by atoms with E-state index >= 15 is 0 Å². The Hall–Kier alpha value is -6.76. The van der Waals surface area contributed by atoms with Crippen LogP contribution in [0.2, 0.25) is 0 Å². The Morgan fingerprint density at radius 1 is 0.175 bits per heavy atom. The maximum atomic E-state index is 2.30. The third-order valence-corrected chi connectivity index (χ3v) is 11.6. The van der Waals surface area contributed by atoms with Crippen molar-refractivity contribution >= 4 is 60.8 Å². The van der Waals surface area contributed by atoms with Crippen molar-refractivity contribution in [2.45, 2.75) is 70.6 Å². The summed E-state index contributed by atoms with van der Waals surface area (Å²) >= 11 is 0. The van der Waals surface area contributed by atoms with Crippen molar-refractivity contribution in [2.24, 2.45) is 0 Å². The highest BCUT2D eigenvalue weighted by molar-refractivity contribution is 5.75. The van der Waals surface area contributed by atoms with Gasteiger partial charge in [0, 0.05) is 0 Å². The third-order valence-electron chi connectivity index (χ3n) is 11.6. The maximum absolute atomic E-state index is 2.30. The standard InChI is InChI=1S/C63H62/c1(2-4-6-10-20-54-24-30-58(31-25-54)38-44-60-40-34-56(35-41-60)28-22-52-16-12-8-13-17-52)3-5-7-11-21-55-26-32-59(33-27-55)39-45-62-47-50-63(51-48-62)49-46-61-42-36-57(37-43-61)29-23-53-18-14-9-15-19-53/h8-9,12-19,22-51H,1-7,10-11,20-21H2/b28-22+,29-23+,44-38+,45-39+,49-46+. The van der Waals surface area contributed by atoms with Crippen LogP contribution < -0.4 is 0 Å². The SMILES string of the molecule is C(=C\c1ccc(/C=C/c2ccc(/C=C/c3ccc(CCCCCCCCCCCc4ccc(/C=C/c5ccc(/C=C/c6ccccc6)cc5)cc4)cc3)cc2)cc1)/c1ccccc1. The highest BCUT2D eigenvalue weighted by atomic mass is 14.0. The summed E-state index contributed by atoms with van der Waals surface area (Å²) in [5.74, 6) is 0. The molecule has 7 aromatic rings. The number of unbranched alkanes of at least 4 members (excludes halogenated alkanes) is 8. The topological polar surface area (TPSA) is 0 Å². The van der Waals surface area contributed by atoms with E-state index < -0.39 is 0 Å². The Bertz CT molecular complexity index is 2490. The second kappa shape index (κ2) is 25.2. The fraction of sp³-hybridized carbons (Fsp3) is 0.175. The molecular formula is C63H62. The van der Waals surface area contributed by atoms with E-state index in [1.165, 1.54) is 137 Å². The van der Waals surface area contributed by atoms with Crippen LogP contribution in [0.15, 0.2) is 182 Å². The Morgan fingerprint density at radius 2 is 0.349 bits per heavy atom. The number of aryl methyl sites for hydroxylation is 2. The minimum absolute atomic E-state index is 1.17. The Labute approximate surface area is 378 Å². The molecule has 0 fully saturated rings. The lowest BCUT2D eigenvalue weighted by molar-refractivity contribution is 0.558.